The van der Waals surface area contributed by atoms with E-state index in [4.69, 9.17) is 39.0 Å². The molecule has 0 amide bonds. The first-order valence-electron chi connectivity index (χ1n) is 12.8. The summed E-state index contributed by atoms with van der Waals surface area (Å²) in [5.74, 6) is -0.164. The highest BCUT2D eigenvalue weighted by Crippen LogP contribution is 2.57. The van der Waals surface area contributed by atoms with Crippen LogP contribution >= 0.6 is 27.3 Å². The summed E-state index contributed by atoms with van der Waals surface area (Å²) in [7, 11) is -3.44. The van der Waals surface area contributed by atoms with Crippen LogP contribution in [0.3, 0.4) is 0 Å². The van der Waals surface area contributed by atoms with E-state index in [-0.39, 0.29) is 34.1 Å². The fourth-order valence-electron chi connectivity index (χ4n) is 5.22. The minimum atomic E-state index is -4.38. The van der Waals surface area contributed by atoms with Crippen LogP contribution in [0.1, 0.15) is 12.5 Å². The van der Waals surface area contributed by atoms with Crippen molar-refractivity contribution in [1.29, 1.82) is 0 Å². The van der Waals surface area contributed by atoms with Gasteiger partial charge in [-0.05, 0) is 0 Å². The number of thiol groups is 1. The van der Waals surface area contributed by atoms with Crippen molar-refractivity contribution in [2.24, 2.45) is 0 Å². The Kier molecular flexibility index (Phi) is 7.47. The molecule has 236 valence electrons. The Morgan fingerprint density at radius 3 is 2.57 bits per heavy atom. The highest BCUT2D eigenvalue weighted by atomic mass is 32.7. The number of anilines is 2. The number of nitrogens with one attached hydrogen (secondary N) is 1. The standard InChI is InChI=1S/C20H23FN10O10P2S/c21-8-12-7(39-18(8)31-5-27-10-16(31)28-20(23)29-17(10)33)1-36-42(34)40-13-11(32)6(2-37-43(35,44)41-12)38-19(13)30-4-26-9-14(22)24-3-25-15(9)30/h3-8,11-13,18-19,32,42H,1-2H2,(H,35,44)(H2,22,24,25)(H3,23,28,29,33)/t6-,7-,8-,11-,12-,13-,18-,19-,43-/m1/s1. The summed E-state index contributed by atoms with van der Waals surface area (Å²) in [5, 5.41) is 11.0. The molecular weight excluding hydrogens is 653 g/mol. The first-order chi connectivity index (χ1) is 21.0. The fraction of sp³-hybridized carbons (Fsp3) is 0.500. The van der Waals surface area contributed by atoms with Gasteiger partial charge in [0, 0.05) is 0 Å². The van der Waals surface area contributed by atoms with Crippen molar-refractivity contribution in [1.82, 2.24) is 39.0 Å². The lowest BCUT2D eigenvalue weighted by Crippen LogP contribution is -2.34. The number of ether oxygens (including phenoxy) is 2. The van der Waals surface area contributed by atoms with E-state index in [2.05, 4.69) is 42.2 Å². The first-order valence-corrected chi connectivity index (χ1v) is 16.7. The highest BCUT2D eigenvalue weighted by Gasteiger charge is 2.52. The molecule has 0 aromatic carbocycles. The second-order valence-corrected chi connectivity index (χ2v) is 13.8. The number of hydrogen-bond acceptors (Lipinski definition) is 17. The van der Waals surface area contributed by atoms with Crippen molar-refractivity contribution in [3.63, 3.8) is 0 Å². The van der Waals surface area contributed by atoms with E-state index in [1.54, 1.807) is 0 Å². The van der Waals surface area contributed by atoms with Gasteiger partial charge in [0.1, 0.15) is 42.4 Å². The van der Waals surface area contributed by atoms with Crippen molar-refractivity contribution < 1.29 is 46.2 Å². The highest BCUT2D eigenvalue weighted by molar-refractivity contribution is 8.44. The van der Waals surface area contributed by atoms with E-state index >= 15 is 4.39 Å². The molecule has 44 heavy (non-hydrogen) atoms. The number of nitrogens with two attached hydrogens (primary N) is 2. The Hall–Kier alpha value is -3.04. The maximum absolute atomic E-state index is 15.9. The van der Waals surface area contributed by atoms with Crippen molar-refractivity contribution in [2.75, 3.05) is 24.7 Å². The van der Waals surface area contributed by atoms with Gasteiger partial charge in [-0.15, -0.1) is 0 Å². The average Bonchev–Trinajstić information content (AvgIpc) is 3.72. The largest absolute Gasteiger partial charge is 0.387 e. The minimum Gasteiger partial charge on any atom is -0.387 e. The number of alkyl halides is 1. The molecule has 6 N–H and O–H groups in total. The fourth-order valence-corrected chi connectivity index (χ4v) is 7.55. The number of aromatic amines is 1. The van der Waals surface area contributed by atoms with Gasteiger partial charge in [0.05, 0.1) is 25.9 Å². The molecule has 24 heteroatoms. The number of imidazole rings is 2. The van der Waals surface area contributed by atoms with Gasteiger partial charge in [-0.3, -0.25) is 37.0 Å². The van der Waals surface area contributed by atoms with Crippen LogP contribution in [-0.2, 0) is 36.7 Å². The molecule has 7 rings (SSSR count). The van der Waals surface area contributed by atoms with E-state index in [1.807, 2.05) is 0 Å². The SMILES string of the molecule is Nc1nc2c(ncn2[C@@H]2O[C@@H]3CO[PH](=O)O[C@@H]4[C@H](O)[C@@H](CO[P@@](=O)(S)O[C@H]3[C@H]2F)O[C@H]4n2cnc3c(N)ncnc32)c(=O)[nH]1. The van der Waals surface area contributed by atoms with E-state index < -0.39 is 83.0 Å². The Morgan fingerprint density at radius 1 is 1.05 bits per heavy atom. The number of rotatable bonds is 2. The van der Waals surface area contributed by atoms with Gasteiger partial charge in [-0.25, -0.2) is 28.9 Å². The zero-order chi connectivity index (χ0) is 30.9. The van der Waals surface area contributed by atoms with Gasteiger partial charge in [0.25, 0.3) is 5.56 Å². The van der Waals surface area contributed by atoms with Gasteiger partial charge in [-0.1, -0.05) is 12.2 Å². The number of aliphatic hydroxyl groups excluding tert-OH is 1. The first kappa shape index (κ1) is 29.7. The van der Waals surface area contributed by atoms with Crippen LogP contribution in [-0.4, -0.2) is 94.0 Å². The Labute approximate surface area is 249 Å². The Balaban J connectivity index is 1.18. The lowest BCUT2D eigenvalue weighted by molar-refractivity contribution is -0.0563. The number of hydrogen-bond donors (Lipinski definition) is 5. The second kappa shape index (κ2) is 11.1. The Bertz CT molecular complexity index is 1880. The van der Waals surface area contributed by atoms with Gasteiger partial charge in [0.2, 0.25) is 5.95 Å². The molecule has 3 fully saturated rings. The molecular formula is C20H23FN10O10P2S. The van der Waals surface area contributed by atoms with E-state index in [9.17, 15) is 19.0 Å². The van der Waals surface area contributed by atoms with Crippen LogP contribution in [0.5, 0.6) is 0 Å². The van der Waals surface area contributed by atoms with Crippen molar-refractivity contribution >= 4 is 61.4 Å². The number of nitrogen functional groups attached to an aromatic ring is 2. The summed E-state index contributed by atoms with van der Waals surface area (Å²) in [6.07, 6.45) is -8.19. The molecule has 4 aromatic heterocycles. The number of fused-ring (bicyclic) bond motifs is 5. The molecule has 2 bridgehead atoms. The molecule has 1 unspecified atom stereocenters. The zero-order valence-corrected chi connectivity index (χ0v) is 24.7. The second-order valence-electron chi connectivity index (χ2n) is 9.90. The monoisotopic (exact) mass is 676 g/mol. The predicted molar refractivity (Wildman–Crippen MR) is 148 cm³/mol. The molecule has 0 spiro atoms. The van der Waals surface area contributed by atoms with Crippen LogP contribution in [0.4, 0.5) is 16.2 Å². The maximum atomic E-state index is 15.9. The van der Waals surface area contributed by atoms with Gasteiger partial charge >= 0.3 is 15.1 Å². The van der Waals surface area contributed by atoms with Crippen LogP contribution in [0.25, 0.3) is 22.3 Å². The van der Waals surface area contributed by atoms with Crippen molar-refractivity contribution in [3.05, 3.63) is 29.3 Å². The molecule has 20 nitrogen and oxygen atoms in total. The number of H-pyrrole nitrogens is 1. The third kappa shape index (κ3) is 5.10. The average molecular weight is 676 g/mol. The number of nitrogens with zero attached hydrogens (tertiary/aromatic N) is 7. The van der Waals surface area contributed by atoms with Crippen molar-refractivity contribution in [2.45, 2.75) is 49.1 Å². The van der Waals surface area contributed by atoms with E-state index in [1.165, 1.54) is 17.2 Å². The quantitative estimate of drug-likeness (QED) is 0.137. The molecule has 4 aromatic rings. The summed E-state index contributed by atoms with van der Waals surface area (Å²) >= 11 is 3.99. The summed E-state index contributed by atoms with van der Waals surface area (Å²) in [6.45, 7) is -5.54. The van der Waals surface area contributed by atoms with E-state index in [0.717, 1.165) is 10.9 Å². The summed E-state index contributed by atoms with van der Waals surface area (Å²) in [6, 6.07) is 0. The molecule has 3 aliphatic heterocycles. The normalized spacial score (nSPS) is 36.6. The molecule has 10 atom stereocenters. The topological polar surface area (TPSA) is 269 Å². The summed E-state index contributed by atoms with van der Waals surface area (Å²) in [4.78, 5) is 34.6. The predicted octanol–water partition coefficient (Wildman–Crippen LogP) is -0.138. The molecule has 0 aliphatic carbocycles. The van der Waals surface area contributed by atoms with Crippen LogP contribution in [0, 0.1) is 0 Å². The molecule has 7 heterocycles. The summed E-state index contributed by atoms with van der Waals surface area (Å²) < 4.78 is 78.4. The number of halogens is 1. The van der Waals surface area contributed by atoms with Crippen LogP contribution in [0.2, 0.25) is 0 Å². The zero-order valence-electron chi connectivity index (χ0n) is 21.9. The Morgan fingerprint density at radius 2 is 1.77 bits per heavy atom. The summed E-state index contributed by atoms with van der Waals surface area (Å²) in [5.41, 5.74) is 11.1. The minimum absolute atomic E-state index is 0.0854. The number of aliphatic hydroxyl groups is 1. The maximum Gasteiger partial charge on any atom is 0.386 e. The number of aromatic nitrogens is 8. The van der Waals surface area contributed by atoms with Crippen molar-refractivity contribution in [3.8, 4) is 0 Å². The van der Waals surface area contributed by atoms with Gasteiger partial charge in [-0.2, -0.15) is 4.98 Å². The lowest BCUT2D eigenvalue weighted by Gasteiger charge is -2.24. The molecule has 0 radical (unpaired) electrons. The smallest absolute Gasteiger partial charge is 0.386 e. The molecule has 3 aliphatic rings. The third-order valence-electron chi connectivity index (χ3n) is 7.22. The van der Waals surface area contributed by atoms with Gasteiger partial charge in [0.15, 0.2) is 41.3 Å². The third-order valence-corrected chi connectivity index (χ3v) is 9.70. The molecule has 0 saturated carbocycles. The lowest BCUT2D eigenvalue weighted by atomic mass is 10.1. The van der Waals surface area contributed by atoms with Crippen LogP contribution < -0.4 is 17.0 Å². The van der Waals surface area contributed by atoms with E-state index in [0.29, 0.717) is 0 Å². The van der Waals surface area contributed by atoms with Gasteiger partial charge < -0.3 is 30.6 Å². The van der Waals surface area contributed by atoms with Crippen LogP contribution in [0.15, 0.2) is 23.8 Å². The molecule has 3 saturated heterocycles.